The maximum atomic E-state index is 13.9. The van der Waals surface area contributed by atoms with E-state index in [9.17, 15) is 13.6 Å². The molecule has 0 amide bonds. The Morgan fingerprint density at radius 2 is 1.89 bits per heavy atom. The Balaban J connectivity index is 3.38. The first kappa shape index (κ1) is 15.2. The zero-order valence-corrected chi connectivity index (χ0v) is 12.0. The molecule has 0 bridgehead atoms. The van der Waals surface area contributed by atoms with E-state index in [1.165, 1.54) is 6.07 Å². The van der Waals surface area contributed by atoms with Gasteiger partial charge in [0.15, 0.2) is 11.6 Å². The zero-order chi connectivity index (χ0) is 13.9. The highest BCUT2D eigenvalue weighted by molar-refractivity contribution is 9.10. The van der Waals surface area contributed by atoms with Gasteiger partial charge in [0, 0.05) is 12.0 Å². The summed E-state index contributed by atoms with van der Waals surface area (Å²) in [4.78, 5) is 12.4. The maximum absolute atomic E-state index is 13.9. The summed E-state index contributed by atoms with van der Waals surface area (Å²) in [6.07, 6.45) is 0.897. The predicted molar refractivity (Wildman–Crippen MR) is 70.5 cm³/mol. The van der Waals surface area contributed by atoms with Crippen LogP contribution in [-0.2, 0) is 0 Å². The van der Waals surface area contributed by atoms with Crippen molar-refractivity contribution in [3.63, 3.8) is 0 Å². The van der Waals surface area contributed by atoms with Gasteiger partial charge >= 0.3 is 0 Å². The van der Waals surface area contributed by atoms with Crippen LogP contribution in [0.4, 0.5) is 8.78 Å². The van der Waals surface area contributed by atoms with E-state index in [1.54, 1.807) is 13.8 Å². The van der Waals surface area contributed by atoms with E-state index in [0.29, 0.717) is 12.8 Å². The summed E-state index contributed by atoms with van der Waals surface area (Å²) in [6, 6.07) is 2.32. The van der Waals surface area contributed by atoms with E-state index in [-0.39, 0.29) is 11.0 Å². The monoisotopic (exact) mass is 319 g/mol. The Morgan fingerprint density at radius 3 is 2.33 bits per heavy atom. The lowest BCUT2D eigenvalue weighted by atomic mass is 9.75. The molecule has 18 heavy (non-hydrogen) atoms. The van der Waals surface area contributed by atoms with Gasteiger partial charge in [-0.15, -0.1) is 0 Å². The molecule has 0 fully saturated rings. The van der Waals surface area contributed by atoms with Crippen LogP contribution in [0.2, 0.25) is 0 Å². The van der Waals surface area contributed by atoms with Crippen molar-refractivity contribution in [3.05, 3.63) is 33.8 Å². The molecule has 1 aromatic rings. The van der Waals surface area contributed by atoms with Gasteiger partial charge in [-0.1, -0.05) is 13.8 Å². The van der Waals surface area contributed by atoms with Crippen molar-refractivity contribution < 1.29 is 13.6 Å². The zero-order valence-electron chi connectivity index (χ0n) is 10.4. The van der Waals surface area contributed by atoms with E-state index in [4.69, 9.17) is 5.73 Å². The topological polar surface area (TPSA) is 43.1 Å². The molecule has 0 unspecified atom stereocenters. The molecule has 0 atom stereocenters. The smallest absolute Gasteiger partial charge is 0.176 e. The molecule has 0 heterocycles. The fourth-order valence-electron chi connectivity index (χ4n) is 1.95. The normalized spacial score (nSPS) is 11.7. The van der Waals surface area contributed by atoms with Crippen molar-refractivity contribution in [1.29, 1.82) is 0 Å². The molecule has 0 saturated carbocycles. The highest BCUT2D eigenvalue weighted by atomic mass is 79.9. The van der Waals surface area contributed by atoms with Gasteiger partial charge in [-0.25, -0.2) is 8.78 Å². The van der Waals surface area contributed by atoms with E-state index < -0.39 is 28.4 Å². The van der Waals surface area contributed by atoms with Gasteiger partial charge in [0.25, 0.3) is 0 Å². The van der Waals surface area contributed by atoms with E-state index in [2.05, 4.69) is 15.9 Å². The summed E-state index contributed by atoms with van der Waals surface area (Å²) in [5.74, 6) is -2.27. The second-order valence-electron chi connectivity index (χ2n) is 4.24. The number of nitrogens with two attached hydrogens (primary N) is 1. The molecule has 0 saturated heterocycles. The Hall–Kier alpha value is -0.810. The number of hydrogen-bond donors (Lipinski definition) is 1. The first-order chi connectivity index (χ1) is 8.43. The van der Waals surface area contributed by atoms with Crippen LogP contribution < -0.4 is 5.73 Å². The van der Waals surface area contributed by atoms with Crippen LogP contribution in [0.1, 0.15) is 37.0 Å². The number of halogens is 3. The first-order valence-electron chi connectivity index (χ1n) is 5.81. The third kappa shape index (κ3) is 2.47. The second kappa shape index (κ2) is 5.89. The second-order valence-corrected chi connectivity index (χ2v) is 5.09. The first-order valence-corrected chi connectivity index (χ1v) is 6.61. The molecule has 1 rings (SSSR count). The largest absolute Gasteiger partial charge is 0.329 e. The Morgan fingerprint density at radius 1 is 1.33 bits per heavy atom. The molecule has 100 valence electrons. The number of rotatable bonds is 5. The highest BCUT2D eigenvalue weighted by Crippen LogP contribution is 2.33. The molecule has 0 aliphatic carbocycles. The minimum absolute atomic E-state index is 0.0736. The summed E-state index contributed by atoms with van der Waals surface area (Å²) < 4.78 is 27.7. The van der Waals surface area contributed by atoms with Crippen LogP contribution >= 0.6 is 15.9 Å². The summed E-state index contributed by atoms with van der Waals surface area (Å²) in [6.45, 7) is 3.66. The highest BCUT2D eigenvalue weighted by Gasteiger charge is 2.37. The molecule has 0 aromatic heterocycles. The molecule has 0 spiro atoms. The molecule has 2 N–H and O–H groups in total. The molecular weight excluding hydrogens is 304 g/mol. The number of ketones is 1. The fraction of sp³-hybridized carbons (Fsp3) is 0.462. The van der Waals surface area contributed by atoms with Gasteiger partial charge in [0.2, 0.25) is 0 Å². The van der Waals surface area contributed by atoms with Gasteiger partial charge in [-0.2, -0.15) is 0 Å². The third-order valence-electron chi connectivity index (χ3n) is 3.50. The van der Waals surface area contributed by atoms with Crippen molar-refractivity contribution in [3.8, 4) is 0 Å². The molecule has 2 nitrogen and oxygen atoms in total. The van der Waals surface area contributed by atoms with Crippen molar-refractivity contribution in [2.24, 2.45) is 11.1 Å². The summed E-state index contributed by atoms with van der Waals surface area (Å²) in [7, 11) is 0. The van der Waals surface area contributed by atoms with E-state index >= 15 is 0 Å². The van der Waals surface area contributed by atoms with Crippen LogP contribution in [0.15, 0.2) is 16.6 Å². The van der Waals surface area contributed by atoms with Gasteiger partial charge in [0.05, 0.1) is 10.0 Å². The van der Waals surface area contributed by atoms with Crippen molar-refractivity contribution in [2.75, 3.05) is 6.54 Å². The number of carbonyl (C=O) groups is 1. The summed E-state index contributed by atoms with van der Waals surface area (Å²) in [5.41, 5.74) is 4.23. The molecule has 0 aliphatic heterocycles. The van der Waals surface area contributed by atoms with Crippen molar-refractivity contribution >= 4 is 21.7 Å². The lowest BCUT2D eigenvalue weighted by molar-refractivity contribution is 0.0777. The minimum atomic E-state index is -0.900. The number of hydrogen-bond acceptors (Lipinski definition) is 2. The number of Topliss-reactive ketones (excluding diaryl/α,β-unsaturated/α-hetero) is 1. The molecular formula is C13H16BrF2NO. The van der Waals surface area contributed by atoms with Gasteiger partial charge < -0.3 is 5.73 Å². The Kier molecular flexibility index (Phi) is 4.99. The summed E-state index contributed by atoms with van der Waals surface area (Å²) in [5, 5.41) is 0. The van der Waals surface area contributed by atoms with Crippen LogP contribution in [0.3, 0.4) is 0 Å². The Bertz CT molecular complexity index is 450. The Labute approximate surface area is 114 Å². The SMILES string of the molecule is CCC(CC)(CN)C(=O)c1c(F)ccc(Br)c1F. The van der Waals surface area contributed by atoms with E-state index in [0.717, 1.165) is 6.07 Å². The predicted octanol–water partition coefficient (Wildman–Crippen LogP) is 3.68. The van der Waals surface area contributed by atoms with Crippen LogP contribution in [0, 0.1) is 17.0 Å². The maximum Gasteiger partial charge on any atom is 0.176 e. The standard InChI is InChI=1S/C13H16BrF2NO/c1-3-13(4-2,7-17)12(18)10-9(15)6-5-8(14)11(10)16/h5-6H,3-4,7,17H2,1-2H3. The third-order valence-corrected chi connectivity index (χ3v) is 4.11. The fourth-order valence-corrected chi connectivity index (χ4v) is 2.28. The number of benzene rings is 1. The van der Waals surface area contributed by atoms with Crippen LogP contribution in [0.25, 0.3) is 0 Å². The van der Waals surface area contributed by atoms with E-state index in [1.807, 2.05) is 0 Å². The molecule has 0 aliphatic rings. The van der Waals surface area contributed by atoms with Crippen LogP contribution in [0.5, 0.6) is 0 Å². The summed E-state index contributed by atoms with van der Waals surface area (Å²) >= 11 is 2.96. The molecule has 0 radical (unpaired) electrons. The molecule has 5 heteroatoms. The van der Waals surface area contributed by atoms with Crippen molar-refractivity contribution in [2.45, 2.75) is 26.7 Å². The lowest BCUT2D eigenvalue weighted by Crippen LogP contribution is -2.38. The minimum Gasteiger partial charge on any atom is -0.329 e. The molecule has 1 aromatic carbocycles. The van der Waals surface area contributed by atoms with Gasteiger partial charge in [0.1, 0.15) is 5.82 Å². The van der Waals surface area contributed by atoms with Crippen LogP contribution in [-0.4, -0.2) is 12.3 Å². The lowest BCUT2D eigenvalue weighted by Gasteiger charge is -2.28. The van der Waals surface area contributed by atoms with Gasteiger partial charge in [-0.05, 0) is 40.9 Å². The number of carbonyl (C=O) groups excluding carboxylic acids is 1. The average molecular weight is 320 g/mol. The quantitative estimate of drug-likeness (QED) is 0.664. The average Bonchev–Trinajstić information content (AvgIpc) is 2.37. The van der Waals surface area contributed by atoms with Gasteiger partial charge in [-0.3, -0.25) is 4.79 Å². The van der Waals surface area contributed by atoms with Crippen molar-refractivity contribution in [1.82, 2.24) is 0 Å².